The third-order valence-corrected chi connectivity index (χ3v) is 6.62. The van der Waals surface area contributed by atoms with E-state index in [0.717, 1.165) is 17.8 Å². The van der Waals surface area contributed by atoms with E-state index in [1.165, 1.54) is 69.8 Å². The summed E-state index contributed by atoms with van der Waals surface area (Å²) in [5.41, 5.74) is 3.11. The van der Waals surface area contributed by atoms with Gasteiger partial charge in [-0.15, -0.1) is 0 Å². The molecule has 0 aliphatic heterocycles. The predicted molar refractivity (Wildman–Crippen MR) is 108 cm³/mol. The topological polar surface area (TPSA) is 0 Å². The average molecular weight is 329 g/mol. The number of benzene rings is 1. The summed E-state index contributed by atoms with van der Waals surface area (Å²) in [6, 6.07) is 9.62. The molecule has 1 saturated carbocycles. The van der Waals surface area contributed by atoms with Gasteiger partial charge in [0.15, 0.2) is 0 Å². The molecule has 0 radical (unpaired) electrons. The molecule has 0 nitrogen and oxygen atoms in total. The van der Waals surface area contributed by atoms with Gasteiger partial charge < -0.3 is 0 Å². The van der Waals surface area contributed by atoms with Crippen LogP contribution < -0.4 is 0 Å². The number of hydrogen-bond donors (Lipinski definition) is 0. The summed E-state index contributed by atoms with van der Waals surface area (Å²) < 4.78 is 0. The van der Waals surface area contributed by atoms with E-state index >= 15 is 0 Å². The minimum absolute atomic E-state index is 0.697. The van der Waals surface area contributed by atoms with Gasteiger partial charge in [-0.2, -0.15) is 0 Å². The first-order chi connectivity index (χ1) is 11.7. The average Bonchev–Trinajstić information content (AvgIpc) is 2.65. The fraction of sp³-hybridized carbons (Fsp3) is 0.750. The van der Waals surface area contributed by atoms with E-state index in [-0.39, 0.29) is 0 Å². The van der Waals surface area contributed by atoms with Crippen LogP contribution in [0.4, 0.5) is 0 Å². The molecule has 0 saturated heterocycles. The molecule has 0 heteroatoms. The first-order valence-corrected chi connectivity index (χ1v) is 10.8. The second-order valence-electron chi connectivity index (χ2n) is 8.28. The lowest BCUT2D eigenvalue weighted by Gasteiger charge is -2.34. The van der Waals surface area contributed by atoms with Crippen LogP contribution in [0.3, 0.4) is 0 Å². The smallest absolute Gasteiger partial charge is 0.0162 e. The highest BCUT2D eigenvalue weighted by atomic mass is 14.3. The quantitative estimate of drug-likeness (QED) is 0.429. The highest BCUT2D eigenvalue weighted by Crippen LogP contribution is 2.41. The van der Waals surface area contributed by atoms with Gasteiger partial charge in [0.2, 0.25) is 0 Å². The number of unbranched alkanes of at least 4 members (excludes halogenated alkanes) is 1. The van der Waals surface area contributed by atoms with Gasteiger partial charge in [0, 0.05) is 0 Å². The highest BCUT2D eigenvalue weighted by molar-refractivity contribution is 5.27. The van der Waals surface area contributed by atoms with Crippen molar-refractivity contribution < 1.29 is 0 Å². The maximum atomic E-state index is 2.42. The predicted octanol–water partition coefficient (Wildman–Crippen LogP) is 8.08. The third-order valence-electron chi connectivity index (χ3n) is 6.62. The van der Waals surface area contributed by atoms with Crippen LogP contribution in [0, 0.1) is 11.8 Å². The molecule has 1 aromatic rings. The minimum Gasteiger partial charge on any atom is -0.0654 e. The molecule has 24 heavy (non-hydrogen) atoms. The van der Waals surface area contributed by atoms with Gasteiger partial charge in [-0.05, 0) is 66.9 Å². The lowest BCUT2D eigenvalue weighted by molar-refractivity contribution is 0.207. The van der Waals surface area contributed by atoms with E-state index in [1.807, 2.05) is 0 Å². The lowest BCUT2D eigenvalue weighted by Crippen LogP contribution is -2.21. The second-order valence-corrected chi connectivity index (χ2v) is 8.28. The zero-order valence-corrected chi connectivity index (χ0v) is 16.7. The van der Waals surface area contributed by atoms with E-state index in [0.29, 0.717) is 5.92 Å². The normalized spacial score (nSPS) is 23.8. The van der Waals surface area contributed by atoms with Gasteiger partial charge in [0.05, 0.1) is 0 Å². The maximum Gasteiger partial charge on any atom is -0.0162 e. The molecule has 136 valence electrons. The van der Waals surface area contributed by atoms with Crippen molar-refractivity contribution in [2.75, 3.05) is 0 Å². The van der Waals surface area contributed by atoms with Crippen LogP contribution in [0.25, 0.3) is 0 Å². The van der Waals surface area contributed by atoms with Crippen molar-refractivity contribution in [2.24, 2.45) is 11.8 Å². The first kappa shape index (κ1) is 19.5. The Morgan fingerprint density at radius 2 is 1.54 bits per heavy atom. The van der Waals surface area contributed by atoms with E-state index in [1.54, 1.807) is 5.56 Å². The molecule has 0 bridgehead atoms. The molecule has 2 unspecified atom stereocenters. The Bertz CT molecular complexity index is 436. The Labute approximate surface area is 151 Å². The van der Waals surface area contributed by atoms with E-state index in [2.05, 4.69) is 52.0 Å². The summed E-state index contributed by atoms with van der Waals surface area (Å²) in [6.45, 7) is 9.32. The molecule has 0 aromatic heterocycles. The molecule has 2 rings (SSSR count). The molecule has 1 aromatic carbocycles. The van der Waals surface area contributed by atoms with Gasteiger partial charge in [-0.25, -0.2) is 0 Å². The minimum atomic E-state index is 0.697. The number of hydrogen-bond acceptors (Lipinski definition) is 0. The molecule has 1 aliphatic carbocycles. The fourth-order valence-electron chi connectivity index (χ4n) is 4.71. The van der Waals surface area contributed by atoms with Crippen LogP contribution in [-0.4, -0.2) is 0 Å². The molecule has 2 atom stereocenters. The van der Waals surface area contributed by atoms with Crippen LogP contribution in [-0.2, 0) is 0 Å². The monoisotopic (exact) mass is 328 g/mol. The van der Waals surface area contributed by atoms with E-state index < -0.39 is 0 Å². The Balaban J connectivity index is 1.89. The summed E-state index contributed by atoms with van der Waals surface area (Å²) in [5.74, 6) is 3.53. The van der Waals surface area contributed by atoms with Crippen molar-refractivity contribution in [1.82, 2.24) is 0 Å². The molecule has 1 fully saturated rings. The third kappa shape index (κ3) is 5.36. The summed E-state index contributed by atoms with van der Waals surface area (Å²) in [6.07, 6.45) is 14.1. The lowest BCUT2D eigenvalue weighted by atomic mass is 9.71. The number of rotatable bonds is 9. The first-order valence-electron chi connectivity index (χ1n) is 10.8. The fourth-order valence-corrected chi connectivity index (χ4v) is 4.71. The second kappa shape index (κ2) is 10.3. The summed E-state index contributed by atoms with van der Waals surface area (Å²) >= 11 is 0. The summed E-state index contributed by atoms with van der Waals surface area (Å²) in [4.78, 5) is 0. The molecule has 0 heterocycles. The molecule has 0 spiro atoms. The summed E-state index contributed by atoms with van der Waals surface area (Å²) in [7, 11) is 0. The highest BCUT2D eigenvalue weighted by Gasteiger charge is 2.27. The largest absolute Gasteiger partial charge is 0.0654 e. The Hall–Kier alpha value is -0.780. The van der Waals surface area contributed by atoms with Crippen molar-refractivity contribution in [3.63, 3.8) is 0 Å². The van der Waals surface area contributed by atoms with Crippen LogP contribution in [0.15, 0.2) is 24.3 Å². The Kier molecular flexibility index (Phi) is 8.36. The van der Waals surface area contributed by atoms with Crippen molar-refractivity contribution in [2.45, 2.75) is 104 Å². The van der Waals surface area contributed by atoms with Gasteiger partial charge in [-0.1, -0.05) is 84.1 Å². The van der Waals surface area contributed by atoms with Crippen molar-refractivity contribution in [3.05, 3.63) is 35.4 Å². The Morgan fingerprint density at radius 3 is 2.08 bits per heavy atom. The van der Waals surface area contributed by atoms with Crippen molar-refractivity contribution in [1.29, 1.82) is 0 Å². The summed E-state index contributed by atoms with van der Waals surface area (Å²) in [5, 5.41) is 0. The van der Waals surface area contributed by atoms with Gasteiger partial charge >= 0.3 is 0 Å². The van der Waals surface area contributed by atoms with Crippen molar-refractivity contribution in [3.8, 4) is 0 Å². The van der Waals surface area contributed by atoms with Crippen LogP contribution in [0.1, 0.15) is 115 Å². The SMILES string of the molecule is CCCCC(CCC)C1CCC(c2ccc(C(C)CC)cc2)CC1. The van der Waals surface area contributed by atoms with Gasteiger partial charge in [-0.3, -0.25) is 0 Å². The zero-order valence-electron chi connectivity index (χ0n) is 16.7. The maximum absolute atomic E-state index is 2.42. The van der Waals surface area contributed by atoms with Crippen molar-refractivity contribution >= 4 is 0 Å². The molecular weight excluding hydrogens is 288 g/mol. The zero-order chi connectivity index (χ0) is 17.4. The van der Waals surface area contributed by atoms with Gasteiger partial charge in [0.1, 0.15) is 0 Å². The molecule has 0 amide bonds. The molecule has 1 aliphatic rings. The van der Waals surface area contributed by atoms with Crippen LogP contribution in [0.2, 0.25) is 0 Å². The van der Waals surface area contributed by atoms with E-state index in [4.69, 9.17) is 0 Å². The van der Waals surface area contributed by atoms with Crippen LogP contribution in [0.5, 0.6) is 0 Å². The van der Waals surface area contributed by atoms with Gasteiger partial charge in [0.25, 0.3) is 0 Å². The van der Waals surface area contributed by atoms with E-state index in [9.17, 15) is 0 Å². The molecular formula is C24H40. The van der Waals surface area contributed by atoms with Crippen LogP contribution >= 0.6 is 0 Å². The Morgan fingerprint density at radius 1 is 0.875 bits per heavy atom. The standard InChI is InChI=1S/C24H40/c1-5-8-10-21(9-6-2)22-15-17-24(18-16-22)23-13-11-20(12-14-23)19(4)7-3/h11-14,19,21-22,24H,5-10,15-18H2,1-4H3. The molecule has 0 N–H and O–H groups in total.